The van der Waals surface area contributed by atoms with Gasteiger partial charge in [0.15, 0.2) is 6.54 Å². The van der Waals surface area contributed by atoms with Crippen molar-refractivity contribution in [2.45, 2.75) is 6.42 Å². The summed E-state index contributed by atoms with van der Waals surface area (Å²) in [7, 11) is 1.71. The summed E-state index contributed by atoms with van der Waals surface area (Å²) in [4.78, 5) is 18.5. The van der Waals surface area contributed by atoms with Crippen LogP contribution in [0, 0.1) is 0 Å². The van der Waals surface area contributed by atoms with Crippen molar-refractivity contribution in [3.05, 3.63) is 66.2 Å². The van der Waals surface area contributed by atoms with E-state index in [1.807, 2.05) is 23.1 Å². The highest BCUT2D eigenvalue weighted by Crippen LogP contribution is 2.28. The Morgan fingerprint density at radius 3 is 2.41 bits per heavy atom. The van der Waals surface area contributed by atoms with Crippen molar-refractivity contribution in [1.29, 1.82) is 0 Å². The van der Waals surface area contributed by atoms with Crippen LogP contribution in [0.3, 0.4) is 0 Å². The molecule has 1 fully saturated rings. The minimum absolute atomic E-state index is 0.274. The van der Waals surface area contributed by atoms with Gasteiger partial charge >= 0.3 is 0 Å². The number of rotatable bonds is 5. The maximum absolute atomic E-state index is 12.8. The number of piperazine rings is 1. The second-order valence-electron chi connectivity index (χ2n) is 7.77. The molecule has 0 radical (unpaired) electrons. The van der Waals surface area contributed by atoms with E-state index in [2.05, 4.69) is 47.4 Å². The molecule has 2 heterocycles. The second kappa shape index (κ2) is 9.14. The Morgan fingerprint density at radius 1 is 1.00 bits per heavy atom. The largest absolute Gasteiger partial charge is 0.495 e. The number of carbonyl (C=O) groups is 1. The van der Waals surface area contributed by atoms with E-state index in [1.165, 1.54) is 16.0 Å². The molecule has 0 saturated carbocycles. The number of carbonyl (C=O) groups excluding carboxylic acids is 1. The Hall–Kier alpha value is -2.79. The van der Waals surface area contributed by atoms with Gasteiger partial charge in [-0.1, -0.05) is 42.5 Å². The second-order valence-corrected chi connectivity index (χ2v) is 7.77. The number of hydrogen-bond donors (Lipinski definition) is 1. The first-order valence-electron chi connectivity index (χ1n) is 10.5. The molecule has 1 atom stereocenters. The molecule has 0 spiro atoms. The molecule has 2 aliphatic heterocycles. The zero-order valence-corrected chi connectivity index (χ0v) is 17.1. The highest BCUT2D eigenvalue weighted by molar-refractivity contribution is 5.77. The number of nitrogens with zero attached hydrogens (tertiary/aromatic N) is 2. The van der Waals surface area contributed by atoms with Crippen LogP contribution in [0.15, 0.2) is 60.7 Å². The molecule has 5 nitrogen and oxygen atoms in total. The van der Waals surface area contributed by atoms with Crippen LogP contribution in [0.25, 0.3) is 5.57 Å². The number of amides is 1. The number of methoxy groups -OCH3 is 1. The summed E-state index contributed by atoms with van der Waals surface area (Å²) in [5.41, 5.74) is 3.83. The van der Waals surface area contributed by atoms with Gasteiger partial charge in [-0.2, -0.15) is 0 Å². The highest BCUT2D eigenvalue weighted by atomic mass is 16.5. The first-order chi connectivity index (χ1) is 14.2. The van der Waals surface area contributed by atoms with Crippen molar-refractivity contribution in [3.63, 3.8) is 0 Å². The molecule has 5 heteroatoms. The monoisotopic (exact) mass is 392 g/mol. The molecule has 0 aliphatic carbocycles. The Bertz CT molecular complexity index is 857. The van der Waals surface area contributed by atoms with E-state index in [4.69, 9.17) is 4.74 Å². The van der Waals surface area contributed by atoms with E-state index in [1.54, 1.807) is 7.11 Å². The van der Waals surface area contributed by atoms with Gasteiger partial charge in [-0.3, -0.25) is 4.79 Å². The number of para-hydroxylation sites is 2. The van der Waals surface area contributed by atoms with Crippen molar-refractivity contribution in [1.82, 2.24) is 4.90 Å². The highest BCUT2D eigenvalue weighted by Gasteiger charge is 2.26. The average Bonchev–Trinajstić information content (AvgIpc) is 2.80. The summed E-state index contributed by atoms with van der Waals surface area (Å²) >= 11 is 0. The standard InChI is InChI=1S/C24H29N3O2/c1-29-23-10-6-5-9-22(23)26-15-17-27(18-16-26)24(28)19-25-13-11-21(12-14-25)20-7-3-2-4-8-20/h2-11H,12-19H2,1H3/p+1. The third kappa shape index (κ3) is 4.62. The molecule has 1 amide bonds. The molecule has 2 aromatic carbocycles. The van der Waals surface area contributed by atoms with E-state index in [9.17, 15) is 4.79 Å². The van der Waals surface area contributed by atoms with Crippen LogP contribution in [-0.2, 0) is 4.79 Å². The molecular formula is C24H30N3O2+. The SMILES string of the molecule is COc1ccccc1N1CCN(C(=O)C[NH+]2CC=C(c3ccccc3)CC2)CC1. The van der Waals surface area contributed by atoms with Crippen LogP contribution in [-0.4, -0.2) is 63.7 Å². The van der Waals surface area contributed by atoms with E-state index in [-0.39, 0.29) is 5.91 Å². The van der Waals surface area contributed by atoms with E-state index in [0.717, 1.165) is 57.1 Å². The van der Waals surface area contributed by atoms with Gasteiger partial charge in [-0.25, -0.2) is 0 Å². The zero-order valence-electron chi connectivity index (χ0n) is 17.1. The van der Waals surface area contributed by atoms with E-state index in [0.29, 0.717) is 6.54 Å². The number of hydrogen-bond acceptors (Lipinski definition) is 3. The normalized spacial score (nSPS) is 19.6. The van der Waals surface area contributed by atoms with Gasteiger partial charge in [0.25, 0.3) is 5.91 Å². The molecular weight excluding hydrogens is 362 g/mol. The van der Waals surface area contributed by atoms with Crippen LogP contribution in [0.4, 0.5) is 5.69 Å². The Kier molecular flexibility index (Phi) is 6.15. The molecule has 29 heavy (non-hydrogen) atoms. The number of benzene rings is 2. The molecule has 2 aromatic rings. The molecule has 2 aliphatic rings. The molecule has 152 valence electrons. The number of nitrogens with one attached hydrogen (secondary N) is 1. The first-order valence-corrected chi connectivity index (χ1v) is 10.5. The summed E-state index contributed by atoms with van der Waals surface area (Å²) < 4.78 is 5.48. The first kappa shape index (κ1) is 19.5. The topological polar surface area (TPSA) is 37.2 Å². The van der Waals surface area contributed by atoms with Crippen molar-refractivity contribution >= 4 is 17.2 Å². The van der Waals surface area contributed by atoms with Crippen LogP contribution < -0.4 is 14.5 Å². The lowest BCUT2D eigenvalue weighted by Crippen LogP contribution is -3.13. The molecule has 0 aromatic heterocycles. The van der Waals surface area contributed by atoms with Crippen molar-refractivity contribution in [2.75, 3.05) is 57.8 Å². The maximum atomic E-state index is 12.8. The Balaban J connectivity index is 1.28. The lowest BCUT2D eigenvalue weighted by Gasteiger charge is -2.37. The van der Waals surface area contributed by atoms with E-state index >= 15 is 0 Å². The van der Waals surface area contributed by atoms with Gasteiger partial charge in [0.05, 0.1) is 25.9 Å². The van der Waals surface area contributed by atoms with Gasteiger partial charge in [0, 0.05) is 32.6 Å². The van der Waals surface area contributed by atoms with Crippen LogP contribution in [0.2, 0.25) is 0 Å². The maximum Gasteiger partial charge on any atom is 0.277 e. The molecule has 1 saturated heterocycles. The van der Waals surface area contributed by atoms with E-state index < -0.39 is 0 Å². The van der Waals surface area contributed by atoms with Crippen molar-refractivity contribution in [2.24, 2.45) is 0 Å². The van der Waals surface area contributed by atoms with Crippen LogP contribution in [0.1, 0.15) is 12.0 Å². The molecule has 0 bridgehead atoms. The zero-order chi connectivity index (χ0) is 20.1. The number of quaternary nitrogens is 1. The lowest BCUT2D eigenvalue weighted by atomic mass is 9.99. The fourth-order valence-corrected chi connectivity index (χ4v) is 4.27. The fraction of sp³-hybridized carbons (Fsp3) is 0.375. The predicted molar refractivity (Wildman–Crippen MR) is 116 cm³/mol. The summed E-state index contributed by atoms with van der Waals surface area (Å²) in [6.07, 6.45) is 3.34. The lowest BCUT2D eigenvalue weighted by molar-refractivity contribution is -0.887. The van der Waals surface area contributed by atoms with Gasteiger partial charge in [0.1, 0.15) is 5.75 Å². The van der Waals surface area contributed by atoms with Crippen LogP contribution >= 0.6 is 0 Å². The summed E-state index contributed by atoms with van der Waals surface area (Å²) in [6, 6.07) is 18.7. The number of anilines is 1. The number of ether oxygens (including phenoxy) is 1. The van der Waals surface area contributed by atoms with Crippen molar-refractivity contribution in [3.8, 4) is 5.75 Å². The molecule has 1 unspecified atom stereocenters. The molecule has 1 N–H and O–H groups in total. The van der Waals surface area contributed by atoms with Gasteiger partial charge in [-0.15, -0.1) is 0 Å². The predicted octanol–water partition coefficient (Wildman–Crippen LogP) is 1.72. The Morgan fingerprint density at radius 2 is 1.72 bits per heavy atom. The average molecular weight is 393 g/mol. The van der Waals surface area contributed by atoms with Gasteiger partial charge in [-0.05, 0) is 29.3 Å². The third-order valence-electron chi connectivity index (χ3n) is 5.99. The third-order valence-corrected chi connectivity index (χ3v) is 5.99. The van der Waals surface area contributed by atoms with Crippen molar-refractivity contribution < 1.29 is 14.4 Å². The van der Waals surface area contributed by atoms with Crippen LogP contribution in [0.5, 0.6) is 5.75 Å². The Labute approximate surface area is 173 Å². The fourth-order valence-electron chi connectivity index (χ4n) is 4.27. The minimum atomic E-state index is 0.274. The molecule has 4 rings (SSSR count). The smallest absolute Gasteiger partial charge is 0.277 e. The van der Waals surface area contributed by atoms with Gasteiger partial charge in [0.2, 0.25) is 0 Å². The minimum Gasteiger partial charge on any atom is -0.495 e. The summed E-state index contributed by atoms with van der Waals surface area (Å²) in [5.74, 6) is 1.17. The summed E-state index contributed by atoms with van der Waals surface area (Å²) in [6.45, 7) is 5.78. The van der Waals surface area contributed by atoms with Gasteiger partial charge < -0.3 is 19.4 Å². The quantitative estimate of drug-likeness (QED) is 0.842. The summed E-state index contributed by atoms with van der Waals surface area (Å²) in [5, 5.41) is 0.